The number of benzene rings is 1. The molecule has 1 fully saturated rings. The number of aromatic nitrogens is 3. The number of nitrogens with one attached hydrogen (secondary N) is 2. The van der Waals surface area contributed by atoms with Gasteiger partial charge in [0.2, 0.25) is 10.0 Å². The van der Waals surface area contributed by atoms with Gasteiger partial charge in [-0.15, -0.1) is 0 Å². The fourth-order valence-corrected chi connectivity index (χ4v) is 5.85. The summed E-state index contributed by atoms with van der Waals surface area (Å²) in [6.45, 7) is 6.23. The Morgan fingerprint density at radius 2 is 1.73 bits per heavy atom. The van der Waals surface area contributed by atoms with Crippen molar-refractivity contribution in [2.45, 2.75) is 32.9 Å². The van der Waals surface area contributed by atoms with Gasteiger partial charge in [-0.05, 0) is 98.7 Å². The van der Waals surface area contributed by atoms with Crippen LogP contribution in [0.25, 0.3) is 5.82 Å². The van der Waals surface area contributed by atoms with E-state index >= 15 is 0 Å². The molecule has 37 heavy (non-hydrogen) atoms. The summed E-state index contributed by atoms with van der Waals surface area (Å²) in [6.07, 6.45) is 4.74. The average molecular weight is 533 g/mol. The van der Waals surface area contributed by atoms with Crippen LogP contribution in [0.2, 0.25) is 0 Å². The van der Waals surface area contributed by atoms with Crippen molar-refractivity contribution in [2.75, 3.05) is 15.9 Å². The maximum atomic E-state index is 11.7. The summed E-state index contributed by atoms with van der Waals surface area (Å²) < 4.78 is 28.0. The van der Waals surface area contributed by atoms with E-state index in [4.69, 9.17) is 12.2 Å². The number of anilines is 2. The van der Waals surface area contributed by atoms with E-state index < -0.39 is 10.0 Å². The molecule has 4 heterocycles. The first kappa shape index (κ1) is 24.9. The van der Waals surface area contributed by atoms with Gasteiger partial charge in [0.05, 0.1) is 24.0 Å². The van der Waals surface area contributed by atoms with E-state index in [0.29, 0.717) is 10.8 Å². The molecule has 1 aliphatic rings. The molecule has 4 aromatic rings. The Labute approximate surface area is 222 Å². The minimum absolute atomic E-state index is 0.193. The molecule has 0 amide bonds. The van der Waals surface area contributed by atoms with Crippen LogP contribution < -0.4 is 14.9 Å². The molecule has 2 N–H and O–H groups in total. The Morgan fingerprint density at radius 3 is 2.38 bits per heavy atom. The van der Waals surface area contributed by atoms with Gasteiger partial charge in [-0.25, -0.2) is 13.4 Å². The van der Waals surface area contributed by atoms with Gasteiger partial charge in [-0.2, -0.15) is 0 Å². The van der Waals surface area contributed by atoms with Crippen molar-refractivity contribution in [3.8, 4) is 5.82 Å². The van der Waals surface area contributed by atoms with Crippen LogP contribution in [0.3, 0.4) is 0 Å². The van der Waals surface area contributed by atoms with Crippen LogP contribution >= 0.6 is 12.2 Å². The molecule has 0 saturated carbocycles. The Bertz CT molecular complexity index is 1570. The average Bonchev–Trinajstić information content (AvgIpc) is 3.34. The zero-order valence-corrected chi connectivity index (χ0v) is 22.6. The lowest BCUT2D eigenvalue weighted by Gasteiger charge is -2.28. The fraction of sp³-hybridized carbons (Fsp3) is 0.222. The summed E-state index contributed by atoms with van der Waals surface area (Å²) in [4.78, 5) is 11.3. The highest BCUT2D eigenvalue weighted by Gasteiger charge is 2.42. The normalized spacial score (nSPS) is 17.6. The zero-order chi connectivity index (χ0) is 26.3. The number of aryl methyl sites for hydroxylation is 2. The summed E-state index contributed by atoms with van der Waals surface area (Å²) in [7, 11) is -3.37. The number of hydrogen-bond acceptors (Lipinski definition) is 5. The van der Waals surface area contributed by atoms with Gasteiger partial charge < -0.3 is 14.8 Å². The maximum Gasteiger partial charge on any atom is 0.229 e. The van der Waals surface area contributed by atoms with E-state index in [1.807, 2.05) is 42.6 Å². The summed E-state index contributed by atoms with van der Waals surface area (Å²) in [5.41, 5.74) is 6.58. The van der Waals surface area contributed by atoms with Crippen molar-refractivity contribution < 1.29 is 8.42 Å². The standard InChI is InChI=1S/C27H28N6O2S2/c1-17-12-14-29-24(15-17)32-18(2)16-22(19(32)3)26-25(23-7-5-6-13-28-23)30-27(36)33(26)21-10-8-20(9-11-21)31-37(4,34)35/h5-16,25-26,31H,1-4H3,(H,30,36). The Balaban J connectivity index is 1.63. The minimum Gasteiger partial charge on any atom is -0.351 e. The predicted molar refractivity (Wildman–Crippen MR) is 151 cm³/mol. The number of hydrogen-bond donors (Lipinski definition) is 2. The van der Waals surface area contributed by atoms with E-state index in [9.17, 15) is 8.42 Å². The minimum atomic E-state index is -3.37. The number of pyridine rings is 2. The third kappa shape index (κ3) is 4.94. The van der Waals surface area contributed by atoms with Gasteiger partial charge in [0.15, 0.2) is 5.11 Å². The molecule has 10 heteroatoms. The monoisotopic (exact) mass is 532 g/mol. The maximum absolute atomic E-state index is 11.7. The summed E-state index contributed by atoms with van der Waals surface area (Å²) >= 11 is 5.85. The molecule has 2 atom stereocenters. The van der Waals surface area contributed by atoms with Crippen molar-refractivity contribution in [3.63, 3.8) is 0 Å². The highest BCUT2D eigenvalue weighted by atomic mass is 32.2. The van der Waals surface area contributed by atoms with Crippen molar-refractivity contribution in [2.24, 2.45) is 0 Å². The van der Waals surface area contributed by atoms with E-state index in [0.717, 1.165) is 46.0 Å². The van der Waals surface area contributed by atoms with Crippen LogP contribution in [0.5, 0.6) is 0 Å². The number of nitrogens with zero attached hydrogens (tertiary/aromatic N) is 4. The molecule has 0 bridgehead atoms. The lowest BCUT2D eigenvalue weighted by Crippen LogP contribution is -2.29. The molecule has 3 aromatic heterocycles. The van der Waals surface area contributed by atoms with Gasteiger partial charge in [0.25, 0.3) is 0 Å². The van der Waals surface area contributed by atoms with Crippen LogP contribution in [-0.4, -0.2) is 34.3 Å². The second kappa shape index (κ2) is 9.60. The van der Waals surface area contributed by atoms with Crippen LogP contribution in [0.4, 0.5) is 11.4 Å². The van der Waals surface area contributed by atoms with Crippen molar-refractivity contribution >= 4 is 38.7 Å². The van der Waals surface area contributed by atoms with E-state index in [1.165, 1.54) is 0 Å². The van der Waals surface area contributed by atoms with Gasteiger partial charge in [0.1, 0.15) is 5.82 Å². The molecule has 0 radical (unpaired) electrons. The largest absolute Gasteiger partial charge is 0.351 e. The molecule has 0 spiro atoms. The van der Waals surface area contributed by atoms with Crippen LogP contribution in [0.1, 0.15) is 40.3 Å². The summed E-state index contributed by atoms with van der Waals surface area (Å²) in [5.74, 6) is 0.868. The zero-order valence-electron chi connectivity index (χ0n) is 21.0. The van der Waals surface area contributed by atoms with Crippen molar-refractivity contribution in [3.05, 3.63) is 101 Å². The summed E-state index contributed by atoms with van der Waals surface area (Å²) in [6, 6.07) is 18.9. The highest BCUT2D eigenvalue weighted by Crippen LogP contribution is 2.43. The third-order valence-corrected chi connectivity index (χ3v) is 7.39. The van der Waals surface area contributed by atoms with E-state index in [-0.39, 0.29) is 12.1 Å². The Morgan fingerprint density at radius 1 is 0.973 bits per heavy atom. The SMILES string of the molecule is Cc1ccnc(-n2c(C)cc(C3C(c4ccccn4)NC(=S)N3c3ccc(NS(C)(=O)=O)cc3)c2C)c1. The smallest absolute Gasteiger partial charge is 0.229 e. The van der Waals surface area contributed by atoms with Gasteiger partial charge >= 0.3 is 0 Å². The first-order valence-corrected chi connectivity index (χ1v) is 14.1. The predicted octanol–water partition coefficient (Wildman–Crippen LogP) is 4.74. The highest BCUT2D eigenvalue weighted by molar-refractivity contribution is 7.92. The van der Waals surface area contributed by atoms with Crippen molar-refractivity contribution in [1.29, 1.82) is 0 Å². The lowest BCUT2D eigenvalue weighted by molar-refractivity contribution is 0.565. The molecular formula is C27H28N6O2S2. The fourth-order valence-electron chi connectivity index (χ4n) is 4.94. The number of sulfonamides is 1. The number of thiocarbonyl (C=S) groups is 1. The van der Waals surface area contributed by atoms with Crippen LogP contribution in [-0.2, 0) is 10.0 Å². The third-order valence-electron chi connectivity index (χ3n) is 6.47. The molecule has 1 aliphatic heterocycles. The van der Waals surface area contributed by atoms with E-state index in [1.54, 1.807) is 18.3 Å². The molecule has 2 unspecified atom stereocenters. The van der Waals surface area contributed by atoms with Crippen LogP contribution in [0.15, 0.2) is 73.1 Å². The molecule has 1 saturated heterocycles. The Hall–Kier alpha value is -3.76. The van der Waals surface area contributed by atoms with Crippen molar-refractivity contribution in [1.82, 2.24) is 19.9 Å². The van der Waals surface area contributed by atoms with E-state index in [2.05, 4.69) is 62.4 Å². The molecule has 5 rings (SSSR count). The first-order chi connectivity index (χ1) is 17.6. The molecule has 0 aliphatic carbocycles. The van der Waals surface area contributed by atoms with Gasteiger partial charge in [0, 0.05) is 35.2 Å². The summed E-state index contributed by atoms with van der Waals surface area (Å²) in [5, 5.41) is 4.06. The number of rotatable bonds is 6. The second-order valence-corrected chi connectivity index (χ2v) is 11.4. The topological polar surface area (TPSA) is 92.2 Å². The molecule has 1 aromatic carbocycles. The first-order valence-electron chi connectivity index (χ1n) is 11.8. The van der Waals surface area contributed by atoms with Gasteiger partial charge in [-0.3, -0.25) is 9.71 Å². The second-order valence-electron chi connectivity index (χ2n) is 9.27. The van der Waals surface area contributed by atoms with Crippen LogP contribution in [0, 0.1) is 20.8 Å². The van der Waals surface area contributed by atoms with Gasteiger partial charge in [-0.1, -0.05) is 6.07 Å². The molecule has 8 nitrogen and oxygen atoms in total. The Kier molecular flexibility index (Phi) is 6.47. The lowest BCUT2D eigenvalue weighted by atomic mass is 9.96. The molecule has 190 valence electrons. The molecular weight excluding hydrogens is 504 g/mol. The quantitative estimate of drug-likeness (QED) is 0.347.